The molecular weight excluding hydrogens is 246 g/mol. The van der Waals surface area contributed by atoms with Crippen molar-refractivity contribution < 1.29 is 14.6 Å². The Kier molecular flexibility index (Phi) is 3.99. The number of rotatable bonds is 4. The van der Waals surface area contributed by atoms with Crippen LogP contribution in [0.25, 0.3) is 0 Å². The number of hydrogen-bond acceptors (Lipinski definition) is 5. The van der Waals surface area contributed by atoms with Crippen molar-refractivity contribution in [2.75, 3.05) is 11.9 Å². The predicted octanol–water partition coefficient (Wildman–Crippen LogP) is 1.77. The Hall–Kier alpha value is -1.69. The van der Waals surface area contributed by atoms with E-state index in [1.54, 1.807) is 13.8 Å². The van der Waals surface area contributed by atoms with E-state index in [9.17, 15) is 9.90 Å². The molecule has 2 N–H and O–H groups in total. The van der Waals surface area contributed by atoms with Crippen molar-refractivity contribution in [2.45, 2.75) is 45.8 Å². The van der Waals surface area contributed by atoms with E-state index in [4.69, 9.17) is 4.74 Å². The molecule has 6 heteroatoms. The second kappa shape index (κ2) is 5.52. The molecule has 0 spiro atoms. The van der Waals surface area contributed by atoms with Gasteiger partial charge in [0, 0.05) is 6.61 Å². The third-order valence-electron chi connectivity index (χ3n) is 3.56. The molecule has 1 fully saturated rings. The van der Waals surface area contributed by atoms with Gasteiger partial charge in [-0.3, -0.25) is 0 Å². The Balaban J connectivity index is 2.24. The molecule has 19 heavy (non-hydrogen) atoms. The lowest BCUT2D eigenvalue weighted by Gasteiger charge is -2.21. The number of carboxylic acids is 1. The van der Waals surface area contributed by atoms with Gasteiger partial charge in [-0.25, -0.2) is 4.79 Å². The summed E-state index contributed by atoms with van der Waals surface area (Å²) < 4.78 is 5.58. The molecule has 2 heterocycles. The maximum atomic E-state index is 11.4. The van der Waals surface area contributed by atoms with Crippen molar-refractivity contribution in [3.63, 3.8) is 0 Å². The topological polar surface area (TPSA) is 84.3 Å². The van der Waals surface area contributed by atoms with Crippen LogP contribution in [0.2, 0.25) is 0 Å². The van der Waals surface area contributed by atoms with E-state index in [2.05, 4.69) is 15.5 Å². The lowest BCUT2D eigenvalue weighted by Crippen LogP contribution is -2.31. The molecule has 2 unspecified atom stereocenters. The smallest absolute Gasteiger partial charge is 0.339 e. The third kappa shape index (κ3) is 2.84. The molecule has 0 aliphatic carbocycles. The summed E-state index contributed by atoms with van der Waals surface area (Å²) in [4.78, 5) is 11.4. The van der Waals surface area contributed by atoms with Crippen LogP contribution in [0.15, 0.2) is 0 Å². The molecule has 1 aliphatic heterocycles. The molecule has 1 aromatic heterocycles. The first-order chi connectivity index (χ1) is 9.00. The van der Waals surface area contributed by atoms with E-state index < -0.39 is 5.97 Å². The Morgan fingerprint density at radius 1 is 1.47 bits per heavy atom. The van der Waals surface area contributed by atoms with E-state index >= 15 is 0 Å². The molecule has 2 rings (SSSR count). The second-order valence-corrected chi connectivity index (χ2v) is 4.92. The molecule has 1 aromatic rings. The van der Waals surface area contributed by atoms with E-state index in [1.807, 2.05) is 6.92 Å². The molecule has 0 aromatic carbocycles. The Morgan fingerprint density at radius 3 is 2.79 bits per heavy atom. The second-order valence-electron chi connectivity index (χ2n) is 4.92. The van der Waals surface area contributed by atoms with Gasteiger partial charge in [-0.2, -0.15) is 5.10 Å². The highest BCUT2D eigenvalue weighted by molar-refractivity contribution is 5.94. The summed E-state index contributed by atoms with van der Waals surface area (Å²) in [6.07, 6.45) is 2.13. The molecular formula is C13H19N3O3. The first-order valence-corrected chi connectivity index (χ1v) is 6.46. The molecule has 0 radical (unpaired) electrons. The quantitative estimate of drug-likeness (QED) is 0.863. The zero-order valence-electron chi connectivity index (χ0n) is 11.4. The van der Waals surface area contributed by atoms with E-state index in [0.29, 0.717) is 17.1 Å². The van der Waals surface area contributed by atoms with E-state index in [1.165, 1.54) is 0 Å². The predicted molar refractivity (Wildman–Crippen MR) is 70.5 cm³/mol. The third-order valence-corrected chi connectivity index (χ3v) is 3.56. The number of ether oxygens (including phenoxy) is 1. The van der Waals surface area contributed by atoms with Gasteiger partial charge in [0.1, 0.15) is 5.56 Å². The standard InChI is InChI=1S/C13H19N3O3/c1-7-8(2)15-16-12(11(7)13(17)18)14-9(3)10-5-4-6-19-10/h9-10H,4-6H2,1-3H3,(H,14,16)(H,17,18). The van der Waals surface area contributed by atoms with Gasteiger partial charge in [-0.05, 0) is 39.2 Å². The van der Waals surface area contributed by atoms with Gasteiger partial charge in [0.05, 0.1) is 17.8 Å². The van der Waals surface area contributed by atoms with Crippen molar-refractivity contribution in [3.8, 4) is 0 Å². The summed E-state index contributed by atoms with van der Waals surface area (Å²) in [5, 5.41) is 20.4. The van der Waals surface area contributed by atoms with Gasteiger partial charge >= 0.3 is 5.97 Å². The lowest BCUT2D eigenvalue weighted by molar-refractivity contribution is 0.0695. The minimum Gasteiger partial charge on any atom is -0.478 e. The fourth-order valence-corrected chi connectivity index (χ4v) is 2.28. The van der Waals surface area contributed by atoms with Crippen LogP contribution in [-0.2, 0) is 4.74 Å². The highest BCUT2D eigenvalue weighted by Crippen LogP contribution is 2.22. The number of nitrogens with one attached hydrogen (secondary N) is 1. The number of carbonyl (C=O) groups is 1. The van der Waals surface area contributed by atoms with E-state index in [-0.39, 0.29) is 17.7 Å². The summed E-state index contributed by atoms with van der Waals surface area (Å²) in [5.41, 5.74) is 1.47. The van der Waals surface area contributed by atoms with Crippen LogP contribution < -0.4 is 5.32 Å². The summed E-state index contributed by atoms with van der Waals surface area (Å²) in [6, 6.07) is 0.0111. The van der Waals surface area contributed by atoms with Crippen molar-refractivity contribution in [3.05, 3.63) is 16.8 Å². The van der Waals surface area contributed by atoms with Crippen LogP contribution in [-0.4, -0.2) is 40.0 Å². The van der Waals surface area contributed by atoms with Gasteiger partial charge in [0.15, 0.2) is 5.82 Å². The van der Waals surface area contributed by atoms with Gasteiger partial charge in [-0.1, -0.05) is 0 Å². The number of aromatic nitrogens is 2. The Labute approximate surface area is 112 Å². The summed E-state index contributed by atoms with van der Waals surface area (Å²) in [6.45, 7) is 6.23. The average Bonchev–Trinajstić information content (AvgIpc) is 2.87. The average molecular weight is 265 g/mol. The molecule has 6 nitrogen and oxygen atoms in total. The Morgan fingerprint density at radius 2 is 2.21 bits per heavy atom. The first-order valence-electron chi connectivity index (χ1n) is 6.46. The summed E-state index contributed by atoms with van der Waals surface area (Å²) in [5.74, 6) is -0.670. The number of nitrogens with zero attached hydrogens (tertiary/aromatic N) is 2. The molecule has 2 atom stereocenters. The minimum absolute atomic E-state index is 0.0111. The number of aromatic carboxylic acids is 1. The van der Waals surface area contributed by atoms with Crippen molar-refractivity contribution in [2.24, 2.45) is 0 Å². The minimum atomic E-state index is -0.988. The summed E-state index contributed by atoms with van der Waals surface area (Å²) >= 11 is 0. The number of aryl methyl sites for hydroxylation is 1. The fourth-order valence-electron chi connectivity index (χ4n) is 2.28. The molecule has 1 saturated heterocycles. The maximum Gasteiger partial charge on any atom is 0.339 e. The van der Waals surface area contributed by atoms with Gasteiger partial charge in [-0.15, -0.1) is 5.10 Å². The molecule has 104 valence electrons. The van der Waals surface area contributed by atoms with Crippen LogP contribution in [0.3, 0.4) is 0 Å². The summed E-state index contributed by atoms with van der Waals surface area (Å²) in [7, 11) is 0. The Bertz CT molecular complexity index is 484. The molecule has 1 aliphatic rings. The van der Waals surface area contributed by atoms with Crippen molar-refractivity contribution in [1.82, 2.24) is 10.2 Å². The monoisotopic (exact) mass is 265 g/mol. The van der Waals surface area contributed by atoms with Crippen LogP contribution >= 0.6 is 0 Å². The van der Waals surface area contributed by atoms with Gasteiger partial charge < -0.3 is 15.2 Å². The van der Waals surface area contributed by atoms with Gasteiger partial charge in [0.2, 0.25) is 0 Å². The van der Waals surface area contributed by atoms with Crippen LogP contribution in [0, 0.1) is 13.8 Å². The number of hydrogen-bond donors (Lipinski definition) is 2. The highest BCUT2D eigenvalue weighted by atomic mass is 16.5. The number of carboxylic acid groups (broad SMARTS) is 1. The fraction of sp³-hybridized carbons (Fsp3) is 0.615. The zero-order valence-corrected chi connectivity index (χ0v) is 11.4. The zero-order chi connectivity index (χ0) is 14.0. The van der Waals surface area contributed by atoms with Crippen LogP contribution in [0.5, 0.6) is 0 Å². The SMILES string of the molecule is Cc1nnc(NC(C)C2CCCO2)c(C(=O)O)c1C. The van der Waals surface area contributed by atoms with Crippen molar-refractivity contribution >= 4 is 11.8 Å². The lowest BCUT2D eigenvalue weighted by atomic mass is 10.1. The molecule has 0 amide bonds. The van der Waals surface area contributed by atoms with Crippen LogP contribution in [0.4, 0.5) is 5.82 Å². The first kappa shape index (κ1) is 13.7. The number of anilines is 1. The molecule has 0 saturated carbocycles. The normalized spacial score (nSPS) is 20.3. The maximum absolute atomic E-state index is 11.4. The van der Waals surface area contributed by atoms with Gasteiger partial charge in [0.25, 0.3) is 0 Å². The largest absolute Gasteiger partial charge is 0.478 e. The highest BCUT2D eigenvalue weighted by Gasteiger charge is 2.25. The van der Waals surface area contributed by atoms with E-state index in [0.717, 1.165) is 19.4 Å². The van der Waals surface area contributed by atoms with Crippen LogP contribution in [0.1, 0.15) is 41.4 Å². The molecule has 0 bridgehead atoms. The van der Waals surface area contributed by atoms with Crippen molar-refractivity contribution in [1.29, 1.82) is 0 Å².